The molecular formula is C23H15IO4. The Kier molecular flexibility index (Phi) is 5.00. The van der Waals surface area contributed by atoms with Gasteiger partial charge in [0.15, 0.2) is 5.76 Å². The van der Waals surface area contributed by atoms with E-state index in [4.69, 9.17) is 9.15 Å². The highest BCUT2D eigenvalue weighted by Crippen LogP contribution is 2.31. The van der Waals surface area contributed by atoms with Gasteiger partial charge < -0.3 is 9.15 Å². The maximum absolute atomic E-state index is 13.2. The monoisotopic (exact) mass is 482 g/mol. The van der Waals surface area contributed by atoms with E-state index in [9.17, 15) is 9.59 Å². The maximum atomic E-state index is 13.2. The highest BCUT2D eigenvalue weighted by molar-refractivity contribution is 14.1. The van der Waals surface area contributed by atoms with Crippen molar-refractivity contribution in [3.63, 3.8) is 0 Å². The number of halogens is 1. The summed E-state index contributed by atoms with van der Waals surface area (Å²) in [6.07, 6.45) is 0. The molecule has 28 heavy (non-hydrogen) atoms. The van der Waals surface area contributed by atoms with Crippen molar-refractivity contribution >= 4 is 39.5 Å². The summed E-state index contributed by atoms with van der Waals surface area (Å²) in [7, 11) is 0. The molecule has 0 spiro atoms. The summed E-state index contributed by atoms with van der Waals surface area (Å²) < 4.78 is 12.3. The Hall–Kier alpha value is -2.93. The number of carbonyl (C=O) groups excluding carboxylic acids is 1. The fourth-order valence-electron chi connectivity index (χ4n) is 2.94. The molecule has 0 aliphatic carbocycles. The summed E-state index contributed by atoms with van der Waals surface area (Å²) >= 11 is 2.06. The predicted octanol–water partition coefficient (Wildman–Crippen LogP) is 5.59. The normalized spacial score (nSPS) is 10.8. The molecule has 4 aromatic rings. The van der Waals surface area contributed by atoms with Crippen molar-refractivity contribution in [2.75, 3.05) is 0 Å². The van der Waals surface area contributed by atoms with Gasteiger partial charge in [0, 0.05) is 9.13 Å². The molecule has 0 fully saturated rings. The Labute approximate surface area is 174 Å². The summed E-state index contributed by atoms with van der Waals surface area (Å²) in [6.45, 7) is 1.89. The zero-order valence-electron chi connectivity index (χ0n) is 14.9. The van der Waals surface area contributed by atoms with E-state index in [1.54, 1.807) is 24.3 Å². The van der Waals surface area contributed by atoms with Crippen LogP contribution in [0.5, 0.6) is 5.75 Å². The summed E-state index contributed by atoms with van der Waals surface area (Å²) in [4.78, 5) is 26.0. The van der Waals surface area contributed by atoms with Crippen LogP contribution < -0.4 is 10.2 Å². The summed E-state index contributed by atoms with van der Waals surface area (Å²) in [5.41, 5.74) is 2.05. The second-order valence-corrected chi connectivity index (χ2v) is 7.49. The van der Waals surface area contributed by atoms with Gasteiger partial charge in [0.25, 0.3) is 0 Å². The van der Waals surface area contributed by atoms with Gasteiger partial charge in [0.05, 0.1) is 10.9 Å². The molecule has 0 aliphatic heterocycles. The first-order valence-electron chi connectivity index (χ1n) is 8.64. The van der Waals surface area contributed by atoms with Crippen molar-refractivity contribution in [1.82, 2.24) is 0 Å². The molecule has 0 aliphatic rings. The number of hydrogen-bond acceptors (Lipinski definition) is 4. The molecule has 0 N–H and O–H groups in total. The highest BCUT2D eigenvalue weighted by Gasteiger charge is 2.22. The van der Waals surface area contributed by atoms with Crippen LogP contribution in [-0.2, 0) is 0 Å². The number of esters is 1. The molecular weight excluding hydrogens is 467 g/mol. The van der Waals surface area contributed by atoms with Crippen LogP contribution in [0.2, 0.25) is 0 Å². The SMILES string of the molecule is Cc1ccc2oc(-c3ccccc3)c(OC(=O)c3ccccc3I)c(=O)c2c1. The molecule has 4 nitrogen and oxygen atoms in total. The molecule has 5 heteroatoms. The van der Waals surface area contributed by atoms with Gasteiger partial charge in [-0.15, -0.1) is 0 Å². The Morgan fingerprint density at radius 3 is 2.43 bits per heavy atom. The predicted molar refractivity (Wildman–Crippen MR) is 117 cm³/mol. The minimum Gasteiger partial charge on any atom is -0.452 e. The molecule has 138 valence electrons. The molecule has 1 aromatic heterocycles. The Morgan fingerprint density at radius 1 is 0.964 bits per heavy atom. The van der Waals surface area contributed by atoms with E-state index in [0.717, 1.165) is 9.13 Å². The Balaban J connectivity index is 1.92. The number of aryl methyl sites for hydroxylation is 1. The second-order valence-electron chi connectivity index (χ2n) is 6.32. The van der Waals surface area contributed by atoms with Crippen LogP contribution in [0.15, 0.2) is 82.0 Å². The van der Waals surface area contributed by atoms with Crippen LogP contribution in [0.1, 0.15) is 15.9 Å². The van der Waals surface area contributed by atoms with Gasteiger partial charge in [0.1, 0.15) is 5.58 Å². The number of ether oxygens (including phenoxy) is 1. The van der Waals surface area contributed by atoms with Crippen molar-refractivity contribution in [3.8, 4) is 17.1 Å². The van der Waals surface area contributed by atoms with Gasteiger partial charge in [-0.05, 0) is 53.8 Å². The number of carbonyl (C=O) groups is 1. The van der Waals surface area contributed by atoms with Gasteiger partial charge in [-0.25, -0.2) is 4.79 Å². The average molecular weight is 482 g/mol. The standard InChI is InChI=1S/C23H15IO4/c1-14-11-12-19-17(13-14)20(25)22(21(27-19)15-7-3-2-4-8-15)28-23(26)16-9-5-6-10-18(16)24/h2-13H,1H3. The van der Waals surface area contributed by atoms with Crippen LogP contribution in [-0.4, -0.2) is 5.97 Å². The molecule has 3 aromatic carbocycles. The van der Waals surface area contributed by atoms with Gasteiger partial charge >= 0.3 is 5.97 Å². The second kappa shape index (κ2) is 7.59. The van der Waals surface area contributed by atoms with E-state index in [2.05, 4.69) is 22.6 Å². The third kappa shape index (κ3) is 3.45. The lowest BCUT2D eigenvalue weighted by molar-refractivity contribution is 0.0730. The van der Waals surface area contributed by atoms with E-state index < -0.39 is 5.97 Å². The molecule has 1 heterocycles. The first-order valence-corrected chi connectivity index (χ1v) is 9.72. The molecule has 0 atom stereocenters. The van der Waals surface area contributed by atoms with Crippen molar-refractivity contribution in [1.29, 1.82) is 0 Å². The topological polar surface area (TPSA) is 56.5 Å². The minimum absolute atomic E-state index is 0.103. The van der Waals surface area contributed by atoms with Crippen molar-refractivity contribution in [2.45, 2.75) is 6.92 Å². The average Bonchev–Trinajstić information content (AvgIpc) is 2.71. The number of benzene rings is 3. The molecule has 0 radical (unpaired) electrons. The number of rotatable bonds is 3. The van der Waals surface area contributed by atoms with Crippen LogP contribution in [0, 0.1) is 10.5 Å². The van der Waals surface area contributed by atoms with Crippen LogP contribution in [0.25, 0.3) is 22.3 Å². The van der Waals surface area contributed by atoms with Crippen LogP contribution in [0.3, 0.4) is 0 Å². The van der Waals surface area contributed by atoms with Crippen molar-refractivity contribution in [2.24, 2.45) is 0 Å². The van der Waals surface area contributed by atoms with E-state index >= 15 is 0 Å². The van der Waals surface area contributed by atoms with Crippen LogP contribution >= 0.6 is 22.6 Å². The van der Waals surface area contributed by atoms with Gasteiger partial charge in [-0.2, -0.15) is 0 Å². The fourth-order valence-corrected chi connectivity index (χ4v) is 3.55. The highest BCUT2D eigenvalue weighted by atomic mass is 127. The zero-order chi connectivity index (χ0) is 19.7. The summed E-state index contributed by atoms with van der Waals surface area (Å²) in [6, 6.07) is 21.6. The fraction of sp³-hybridized carbons (Fsp3) is 0.0435. The Bertz CT molecular complexity index is 1240. The van der Waals surface area contributed by atoms with E-state index in [0.29, 0.717) is 22.1 Å². The lowest BCUT2D eigenvalue weighted by Gasteiger charge is -2.11. The molecule has 0 saturated heterocycles. The molecule has 0 saturated carbocycles. The maximum Gasteiger partial charge on any atom is 0.344 e. The largest absolute Gasteiger partial charge is 0.452 e. The van der Waals surface area contributed by atoms with E-state index in [1.807, 2.05) is 55.5 Å². The summed E-state index contributed by atoms with van der Waals surface area (Å²) in [5, 5.41) is 0.380. The van der Waals surface area contributed by atoms with Crippen molar-refractivity contribution < 1.29 is 13.9 Å². The molecule has 0 amide bonds. The quantitative estimate of drug-likeness (QED) is 0.282. The minimum atomic E-state index is -0.596. The Morgan fingerprint density at radius 2 is 1.68 bits per heavy atom. The molecule has 0 bridgehead atoms. The van der Waals surface area contributed by atoms with Gasteiger partial charge in [0.2, 0.25) is 11.2 Å². The third-order valence-electron chi connectivity index (χ3n) is 4.33. The lowest BCUT2D eigenvalue weighted by atomic mass is 10.1. The zero-order valence-corrected chi connectivity index (χ0v) is 17.1. The molecule has 4 rings (SSSR count). The van der Waals surface area contributed by atoms with Crippen LogP contribution in [0.4, 0.5) is 0 Å². The summed E-state index contributed by atoms with van der Waals surface area (Å²) in [5.74, 6) is -0.461. The third-order valence-corrected chi connectivity index (χ3v) is 5.27. The first kappa shape index (κ1) is 18.4. The van der Waals surface area contributed by atoms with Crippen molar-refractivity contribution in [3.05, 3.63) is 97.7 Å². The van der Waals surface area contributed by atoms with E-state index in [1.165, 1.54) is 0 Å². The lowest BCUT2D eigenvalue weighted by Crippen LogP contribution is -2.17. The van der Waals surface area contributed by atoms with Gasteiger partial charge in [-0.1, -0.05) is 54.1 Å². The number of fused-ring (bicyclic) bond motifs is 1. The van der Waals surface area contributed by atoms with Gasteiger partial charge in [-0.3, -0.25) is 4.79 Å². The number of hydrogen-bond donors (Lipinski definition) is 0. The molecule has 0 unspecified atom stereocenters. The van der Waals surface area contributed by atoms with E-state index in [-0.39, 0.29) is 16.9 Å². The first-order chi connectivity index (χ1) is 13.5. The smallest absolute Gasteiger partial charge is 0.344 e.